The highest BCUT2D eigenvalue weighted by Crippen LogP contribution is 2.31. The summed E-state index contributed by atoms with van der Waals surface area (Å²) in [5.41, 5.74) is 2.76. The van der Waals surface area contributed by atoms with E-state index < -0.39 is 10.0 Å². The zero-order chi connectivity index (χ0) is 17.6. The summed E-state index contributed by atoms with van der Waals surface area (Å²) in [6, 6.07) is 13.8. The Bertz CT molecular complexity index is 1190. The van der Waals surface area contributed by atoms with Crippen LogP contribution in [-0.2, 0) is 23.6 Å². The van der Waals surface area contributed by atoms with Crippen LogP contribution in [0.3, 0.4) is 0 Å². The first-order chi connectivity index (χ1) is 12.0. The number of hydrogen-bond donors (Lipinski definition) is 1. The minimum Gasteiger partial charge on any atom is -0.341 e. The largest absolute Gasteiger partial charge is 0.341 e. The Morgan fingerprint density at radius 3 is 2.56 bits per heavy atom. The highest BCUT2D eigenvalue weighted by Gasteiger charge is 2.18. The molecule has 4 aromatic rings. The molecule has 0 aliphatic rings. The van der Waals surface area contributed by atoms with Crippen molar-refractivity contribution in [1.29, 1.82) is 0 Å². The first kappa shape index (κ1) is 15.7. The monoisotopic (exact) mass is 354 g/mol. The van der Waals surface area contributed by atoms with E-state index in [0.717, 1.165) is 28.4 Å². The zero-order valence-electron chi connectivity index (χ0n) is 14.0. The molecular formula is C18H18N4O2S. The molecule has 7 heteroatoms. The fourth-order valence-electron chi connectivity index (χ4n) is 3.19. The van der Waals surface area contributed by atoms with Gasteiger partial charge < -0.3 is 9.13 Å². The van der Waals surface area contributed by atoms with Gasteiger partial charge >= 0.3 is 0 Å². The maximum Gasteiger partial charge on any atom is 0.280 e. The van der Waals surface area contributed by atoms with E-state index in [0.29, 0.717) is 5.69 Å². The van der Waals surface area contributed by atoms with Crippen LogP contribution >= 0.6 is 0 Å². The molecule has 0 saturated carbocycles. The smallest absolute Gasteiger partial charge is 0.280 e. The Balaban J connectivity index is 1.83. The summed E-state index contributed by atoms with van der Waals surface area (Å²) in [4.78, 5) is 3.92. The lowest BCUT2D eigenvalue weighted by molar-refractivity contribution is 0.598. The lowest BCUT2D eigenvalue weighted by Crippen LogP contribution is -2.13. The highest BCUT2D eigenvalue weighted by molar-refractivity contribution is 7.92. The topological polar surface area (TPSA) is 68.9 Å². The summed E-state index contributed by atoms with van der Waals surface area (Å²) in [6.45, 7) is 2.95. The highest BCUT2D eigenvalue weighted by atomic mass is 32.2. The van der Waals surface area contributed by atoms with Crippen molar-refractivity contribution in [3.63, 3.8) is 0 Å². The van der Waals surface area contributed by atoms with E-state index in [4.69, 9.17) is 0 Å². The molecule has 0 unspecified atom stereocenters. The normalized spacial score (nSPS) is 12.1. The summed E-state index contributed by atoms with van der Waals surface area (Å²) in [7, 11) is -1.97. The van der Waals surface area contributed by atoms with E-state index in [9.17, 15) is 8.42 Å². The van der Waals surface area contributed by atoms with Crippen LogP contribution in [0.15, 0.2) is 60.0 Å². The number of para-hydroxylation sites is 1. The SMILES string of the molecule is CCn1c2ccccc2c2cc(NS(=O)(=O)c3cn(C)cn3)ccc21. The Morgan fingerprint density at radius 1 is 1.08 bits per heavy atom. The predicted molar refractivity (Wildman–Crippen MR) is 99.1 cm³/mol. The van der Waals surface area contributed by atoms with Crippen LogP contribution in [0.1, 0.15) is 6.92 Å². The second-order valence-corrected chi connectivity index (χ2v) is 7.61. The number of aryl methyl sites for hydroxylation is 2. The summed E-state index contributed by atoms with van der Waals surface area (Å²) < 4.78 is 31.4. The Hall–Kier alpha value is -2.80. The van der Waals surface area contributed by atoms with Crippen molar-refractivity contribution in [3.05, 3.63) is 55.0 Å². The van der Waals surface area contributed by atoms with Crippen molar-refractivity contribution in [1.82, 2.24) is 14.1 Å². The number of anilines is 1. The lowest BCUT2D eigenvalue weighted by atomic mass is 10.1. The van der Waals surface area contributed by atoms with Crippen LogP contribution in [0, 0.1) is 0 Å². The molecule has 128 valence electrons. The third-order valence-electron chi connectivity index (χ3n) is 4.30. The third kappa shape index (κ3) is 2.56. The molecule has 2 aromatic heterocycles. The van der Waals surface area contributed by atoms with E-state index in [-0.39, 0.29) is 5.03 Å². The number of imidazole rings is 1. The molecule has 0 amide bonds. The van der Waals surface area contributed by atoms with Crippen LogP contribution in [0.25, 0.3) is 21.8 Å². The first-order valence-electron chi connectivity index (χ1n) is 8.01. The van der Waals surface area contributed by atoms with Gasteiger partial charge in [-0.05, 0) is 31.2 Å². The molecular weight excluding hydrogens is 336 g/mol. The minimum absolute atomic E-state index is 0.00563. The Morgan fingerprint density at radius 2 is 1.84 bits per heavy atom. The number of sulfonamides is 1. The van der Waals surface area contributed by atoms with Gasteiger partial charge in [-0.1, -0.05) is 18.2 Å². The van der Waals surface area contributed by atoms with E-state index in [2.05, 4.69) is 33.3 Å². The number of nitrogens with one attached hydrogen (secondary N) is 1. The van der Waals surface area contributed by atoms with E-state index >= 15 is 0 Å². The number of nitrogens with zero attached hydrogens (tertiary/aromatic N) is 3. The molecule has 25 heavy (non-hydrogen) atoms. The molecule has 1 N–H and O–H groups in total. The van der Waals surface area contributed by atoms with Gasteiger partial charge in [-0.15, -0.1) is 0 Å². The average Bonchev–Trinajstić information content (AvgIpc) is 3.16. The van der Waals surface area contributed by atoms with Crippen LogP contribution in [-0.4, -0.2) is 22.5 Å². The van der Waals surface area contributed by atoms with Gasteiger partial charge in [0.1, 0.15) is 0 Å². The van der Waals surface area contributed by atoms with Crippen molar-refractivity contribution in [2.24, 2.45) is 7.05 Å². The molecule has 0 radical (unpaired) electrons. The van der Waals surface area contributed by atoms with Gasteiger partial charge in [0, 0.05) is 47.3 Å². The molecule has 4 rings (SSSR count). The summed E-state index contributed by atoms with van der Waals surface area (Å²) in [5, 5.41) is 2.14. The van der Waals surface area contributed by atoms with Gasteiger partial charge in [0.25, 0.3) is 10.0 Å². The summed E-state index contributed by atoms with van der Waals surface area (Å²) in [5.74, 6) is 0. The minimum atomic E-state index is -3.70. The Labute approximate surface area is 145 Å². The predicted octanol–water partition coefficient (Wildman–Crippen LogP) is 3.35. The molecule has 6 nitrogen and oxygen atoms in total. The van der Waals surface area contributed by atoms with Crippen molar-refractivity contribution < 1.29 is 8.42 Å². The molecule has 0 spiro atoms. The fraction of sp³-hybridized carbons (Fsp3) is 0.167. The molecule has 2 aromatic carbocycles. The fourth-order valence-corrected chi connectivity index (χ4v) is 4.23. The van der Waals surface area contributed by atoms with Crippen molar-refractivity contribution in [2.45, 2.75) is 18.5 Å². The molecule has 0 saturated heterocycles. The number of hydrogen-bond acceptors (Lipinski definition) is 3. The van der Waals surface area contributed by atoms with E-state index in [1.807, 2.05) is 24.3 Å². The molecule has 0 aliphatic heterocycles. The molecule has 2 heterocycles. The van der Waals surface area contributed by atoms with E-state index in [1.54, 1.807) is 17.7 Å². The number of rotatable bonds is 4. The lowest BCUT2D eigenvalue weighted by Gasteiger charge is -2.07. The van der Waals surface area contributed by atoms with Crippen molar-refractivity contribution in [2.75, 3.05) is 4.72 Å². The molecule has 0 aliphatic carbocycles. The van der Waals surface area contributed by atoms with Crippen LogP contribution in [0.2, 0.25) is 0 Å². The van der Waals surface area contributed by atoms with Crippen LogP contribution in [0.5, 0.6) is 0 Å². The van der Waals surface area contributed by atoms with Gasteiger partial charge in [-0.3, -0.25) is 4.72 Å². The molecule has 0 atom stereocenters. The van der Waals surface area contributed by atoms with Crippen molar-refractivity contribution >= 4 is 37.5 Å². The van der Waals surface area contributed by atoms with Gasteiger partial charge in [0.05, 0.1) is 6.33 Å². The maximum absolute atomic E-state index is 12.5. The van der Waals surface area contributed by atoms with Crippen molar-refractivity contribution in [3.8, 4) is 0 Å². The van der Waals surface area contributed by atoms with Gasteiger partial charge in [0.2, 0.25) is 0 Å². The number of aromatic nitrogens is 3. The zero-order valence-corrected chi connectivity index (χ0v) is 14.8. The quantitative estimate of drug-likeness (QED) is 0.611. The van der Waals surface area contributed by atoms with Gasteiger partial charge in [-0.25, -0.2) is 4.98 Å². The van der Waals surface area contributed by atoms with E-state index in [1.165, 1.54) is 12.5 Å². The average molecular weight is 354 g/mol. The molecule has 0 bridgehead atoms. The van der Waals surface area contributed by atoms with Crippen LogP contribution < -0.4 is 4.72 Å². The summed E-state index contributed by atoms with van der Waals surface area (Å²) >= 11 is 0. The second kappa shape index (κ2) is 5.63. The van der Waals surface area contributed by atoms with Gasteiger partial charge in [-0.2, -0.15) is 8.42 Å². The third-order valence-corrected chi connectivity index (χ3v) is 5.56. The maximum atomic E-state index is 12.5. The number of benzene rings is 2. The summed E-state index contributed by atoms with van der Waals surface area (Å²) in [6.07, 6.45) is 2.94. The van der Waals surface area contributed by atoms with Crippen LogP contribution in [0.4, 0.5) is 5.69 Å². The standard InChI is InChI=1S/C18H18N4O2S/c1-3-22-16-7-5-4-6-14(16)15-10-13(8-9-17(15)22)20-25(23,24)18-11-21(2)12-19-18/h4-12,20H,3H2,1-2H3. The van der Waals surface area contributed by atoms with Gasteiger partial charge in [0.15, 0.2) is 5.03 Å². The molecule has 0 fully saturated rings. The first-order valence-corrected chi connectivity index (χ1v) is 9.49. The Kier molecular flexibility index (Phi) is 3.54. The number of fused-ring (bicyclic) bond motifs is 3. The second-order valence-electron chi connectivity index (χ2n) is 5.98.